The van der Waals surface area contributed by atoms with Gasteiger partial charge in [-0.3, -0.25) is 4.79 Å². The van der Waals surface area contributed by atoms with Crippen LogP contribution >= 0.6 is 0 Å². The molecule has 8 heteroatoms. The van der Waals surface area contributed by atoms with Crippen LogP contribution in [0.15, 0.2) is 18.3 Å². The molecule has 8 nitrogen and oxygen atoms in total. The van der Waals surface area contributed by atoms with Gasteiger partial charge in [0.2, 0.25) is 0 Å². The lowest BCUT2D eigenvalue weighted by molar-refractivity contribution is 0.0995. The number of hydrogen-bond acceptors (Lipinski definition) is 6. The molecule has 0 aromatic carbocycles. The van der Waals surface area contributed by atoms with Crippen LogP contribution in [0.5, 0.6) is 0 Å². The molecule has 0 fully saturated rings. The first-order valence-corrected chi connectivity index (χ1v) is 12.4. The summed E-state index contributed by atoms with van der Waals surface area (Å²) < 4.78 is 1.78. The third-order valence-corrected chi connectivity index (χ3v) is 5.10. The first kappa shape index (κ1) is 31.9. The summed E-state index contributed by atoms with van der Waals surface area (Å²) in [6, 6.07) is 1.57. The monoisotopic (exact) mass is 483 g/mol. The second-order valence-corrected chi connectivity index (χ2v) is 8.52. The number of nitrogens with zero attached hydrogens (tertiary/aromatic N) is 3. The van der Waals surface area contributed by atoms with Gasteiger partial charge in [0, 0.05) is 30.7 Å². The molecule has 0 saturated carbocycles. The fraction of sp³-hybridized carbons (Fsp3) is 0.519. The summed E-state index contributed by atoms with van der Waals surface area (Å²) in [4.78, 5) is 20.4. The molecule has 1 amide bonds. The molecule has 2 heterocycles. The van der Waals surface area contributed by atoms with Crippen LogP contribution in [0.3, 0.4) is 0 Å². The molecule has 6 N–H and O–H groups in total. The Morgan fingerprint density at radius 2 is 1.66 bits per heavy atom. The number of primary amides is 1. The number of aryl methyl sites for hydroxylation is 2. The molecular formula is C27H45N7O. The number of aromatic nitrogens is 3. The number of nitrogens with two attached hydrogens (primary N) is 2. The van der Waals surface area contributed by atoms with E-state index in [4.69, 9.17) is 22.3 Å². The van der Waals surface area contributed by atoms with Gasteiger partial charge in [-0.1, -0.05) is 52.9 Å². The normalized spacial score (nSPS) is 10.6. The lowest BCUT2D eigenvalue weighted by Gasteiger charge is -2.09. The summed E-state index contributed by atoms with van der Waals surface area (Å²) >= 11 is 0. The zero-order valence-electron chi connectivity index (χ0n) is 22.7. The maximum atomic E-state index is 11.5. The van der Waals surface area contributed by atoms with Crippen LogP contribution in [0.1, 0.15) is 100 Å². The van der Waals surface area contributed by atoms with E-state index in [9.17, 15) is 4.79 Å². The number of amides is 1. The Balaban J connectivity index is 0.000000877. The van der Waals surface area contributed by atoms with Crippen molar-refractivity contribution in [3.63, 3.8) is 0 Å². The predicted octanol–water partition coefficient (Wildman–Crippen LogP) is 5.66. The summed E-state index contributed by atoms with van der Waals surface area (Å²) in [6.07, 6.45) is 12.6. The minimum Gasteiger partial charge on any atom is -0.364 e. The molecular weight excluding hydrogens is 438 g/mol. The van der Waals surface area contributed by atoms with Crippen molar-refractivity contribution in [3.05, 3.63) is 40.9 Å². The number of rotatable bonds is 10. The SMILES string of the molecule is CC(=N)/C=C(\C)c1cn(C)c(-c2nc(C(N)=O)cc(C)c2C=N)n1.CCCCC.CCCCCN. The highest BCUT2D eigenvalue weighted by Gasteiger charge is 2.18. The molecule has 0 spiro atoms. The molecule has 0 radical (unpaired) electrons. The van der Waals surface area contributed by atoms with E-state index >= 15 is 0 Å². The molecule has 194 valence electrons. The molecule has 2 aromatic rings. The van der Waals surface area contributed by atoms with Gasteiger partial charge in [-0.05, 0) is 57.0 Å². The lowest BCUT2D eigenvalue weighted by atomic mass is 10.1. The van der Waals surface area contributed by atoms with E-state index in [0.29, 0.717) is 28.5 Å². The van der Waals surface area contributed by atoms with Crippen molar-refractivity contribution < 1.29 is 4.79 Å². The second kappa shape index (κ2) is 17.3. The largest absolute Gasteiger partial charge is 0.364 e. The average molecular weight is 484 g/mol. The van der Waals surface area contributed by atoms with Gasteiger partial charge in [0.25, 0.3) is 5.91 Å². The average Bonchev–Trinajstić information content (AvgIpc) is 3.19. The zero-order chi connectivity index (χ0) is 27.0. The molecule has 2 rings (SSSR count). The number of nitrogens with one attached hydrogen (secondary N) is 2. The van der Waals surface area contributed by atoms with Crippen molar-refractivity contribution in [2.24, 2.45) is 18.5 Å². The predicted molar refractivity (Wildman–Crippen MR) is 148 cm³/mol. The first-order chi connectivity index (χ1) is 16.6. The molecule has 0 aliphatic carbocycles. The number of imidazole rings is 1. The quantitative estimate of drug-likeness (QED) is 0.255. The second-order valence-electron chi connectivity index (χ2n) is 8.52. The third-order valence-electron chi connectivity index (χ3n) is 5.10. The Morgan fingerprint density at radius 3 is 2.06 bits per heavy atom. The molecule has 0 aliphatic rings. The summed E-state index contributed by atoms with van der Waals surface area (Å²) in [6.45, 7) is 12.8. The minimum absolute atomic E-state index is 0.139. The van der Waals surface area contributed by atoms with Gasteiger partial charge in [-0.25, -0.2) is 9.97 Å². The van der Waals surface area contributed by atoms with Crippen LogP contribution in [0.25, 0.3) is 17.1 Å². The van der Waals surface area contributed by atoms with Gasteiger partial charge in [-0.2, -0.15) is 0 Å². The van der Waals surface area contributed by atoms with Crippen molar-refractivity contribution in [2.75, 3.05) is 6.54 Å². The standard InChI is InChI=1S/C17H20N6O.C5H13N.C5H12/c1-9-6-13(16(20)24)21-15(12(9)7-18)17-22-14(8-23(17)4)10(2)5-11(3)19;1-2-3-4-5-6;1-3-5-4-2/h5-8,18-19H,1-4H3,(H2,20,24);2-6H2,1H3;3-5H2,1-2H3/b10-5+,18-7?,19-11?;;. The summed E-state index contributed by atoms with van der Waals surface area (Å²) in [7, 11) is 1.82. The fourth-order valence-electron chi connectivity index (χ4n) is 3.18. The topological polar surface area (TPSA) is 148 Å². The van der Waals surface area contributed by atoms with Gasteiger partial charge in [0.15, 0.2) is 5.82 Å². The first-order valence-electron chi connectivity index (χ1n) is 12.4. The molecule has 2 aromatic heterocycles. The Bertz CT molecular complexity index is 984. The Labute approximate surface area is 211 Å². The molecule has 35 heavy (non-hydrogen) atoms. The lowest BCUT2D eigenvalue weighted by Crippen LogP contribution is -2.15. The number of carbonyl (C=O) groups excluding carboxylic acids is 1. The van der Waals surface area contributed by atoms with E-state index in [-0.39, 0.29) is 5.69 Å². The maximum Gasteiger partial charge on any atom is 0.267 e. The van der Waals surface area contributed by atoms with E-state index in [0.717, 1.165) is 17.7 Å². The molecule has 0 aliphatic heterocycles. The summed E-state index contributed by atoms with van der Waals surface area (Å²) in [5.41, 5.74) is 14.5. The minimum atomic E-state index is -0.624. The number of pyridine rings is 1. The van der Waals surface area contributed by atoms with Crippen molar-refractivity contribution in [3.8, 4) is 11.5 Å². The van der Waals surface area contributed by atoms with Gasteiger partial charge in [0.05, 0.1) is 5.69 Å². The Hall–Kier alpha value is -3.13. The van der Waals surface area contributed by atoms with Crippen LogP contribution in [0.2, 0.25) is 0 Å². The van der Waals surface area contributed by atoms with E-state index in [2.05, 4.69) is 30.7 Å². The highest BCUT2D eigenvalue weighted by Crippen LogP contribution is 2.25. The van der Waals surface area contributed by atoms with Crippen molar-refractivity contribution in [2.45, 2.75) is 80.1 Å². The highest BCUT2D eigenvalue weighted by molar-refractivity contribution is 5.97. The van der Waals surface area contributed by atoms with Crippen molar-refractivity contribution >= 4 is 23.4 Å². The number of allylic oxidation sites excluding steroid dienone is 2. The van der Waals surface area contributed by atoms with Gasteiger partial charge in [-0.15, -0.1) is 0 Å². The van der Waals surface area contributed by atoms with Crippen molar-refractivity contribution in [1.82, 2.24) is 14.5 Å². The fourth-order valence-corrected chi connectivity index (χ4v) is 3.18. The maximum absolute atomic E-state index is 11.5. The van der Waals surface area contributed by atoms with E-state index in [1.165, 1.54) is 44.7 Å². The Morgan fingerprint density at radius 1 is 1.06 bits per heavy atom. The van der Waals surface area contributed by atoms with E-state index < -0.39 is 5.91 Å². The Kier molecular flexibility index (Phi) is 15.8. The molecule has 0 bridgehead atoms. The number of carbonyl (C=O) groups is 1. The van der Waals surface area contributed by atoms with Crippen LogP contribution in [0, 0.1) is 17.7 Å². The highest BCUT2D eigenvalue weighted by atomic mass is 16.1. The van der Waals surface area contributed by atoms with Crippen LogP contribution in [-0.4, -0.2) is 38.9 Å². The molecule has 0 saturated heterocycles. The third kappa shape index (κ3) is 11.2. The van der Waals surface area contributed by atoms with Crippen LogP contribution < -0.4 is 11.5 Å². The number of unbranched alkanes of at least 4 members (excludes halogenated alkanes) is 4. The van der Waals surface area contributed by atoms with Crippen LogP contribution in [-0.2, 0) is 7.05 Å². The van der Waals surface area contributed by atoms with Gasteiger partial charge < -0.3 is 26.9 Å². The number of hydrogen-bond donors (Lipinski definition) is 4. The van der Waals surface area contributed by atoms with Crippen molar-refractivity contribution in [1.29, 1.82) is 10.8 Å². The summed E-state index contributed by atoms with van der Waals surface area (Å²) in [5.74, 6) is -0.0918. The van der Waals surface area contributed by atoms with Crippen LogP contribution in [0.4, 0.5) is 0 Å². The summed E-state index contributed by atoms with van der Waals surface area (Å²) in [5, 5.41) is 15.2. The van der Waals surface area contributed by atoms with Gasteiger partial charge >= 0.3 is 0 Å². The smallest absolute Gasteiger partial charge is 0.267 e. The molecule has 0 atom stereocenters. The van der Waals surface area contributed by atoms with E-state index in [1.54, 1.807) is 30.6 Å². The molecule has 0 unspecified atom stereocenters. The van der Waals surface area contributed by atoms with Gasteiger partial charge in [0.1, 0.15) is 11.4 Å². The zero-order valence-corrected chi connectivity index (χ0v) is 22.7. The van der Waals surface area contributed by atoms with E-state index in [1.807, 2.05) is 20.2 Å².